The standard InChI is InChI=1S/C15H22ClN/c1-11-7-8-14(15(16)9-11)10-17-12(2)13-5-3-4-6-13/h7-9,12-13,17H,3-6,10H2,1-2H3/t12-/m0/s1. The number of benzene rings is 1. The van der Waals surface area contributed by atoms with Gasteiger partial charge in [-0.2, -0.15) is 0 Å². The van der Waals surface area contributed by atoms with Crippen LogP contribution >= 0.6 is 11.6 Å². The molecule has 17 heavy (non-hydrogen) atoms. The zero-order valence-electron chi connectivity index (χ0n) is 10.8. The smallest absolute Gasteiger partial charge is 0.0453 e. The first kappa shape index (κ1) is 12.9. The van der Waals surface area contributed by atoms with Crippen LogP contribution in [0.5, 0.6) is 0 Å². The van der Waals surface area contributed by atoms with E-state index in [-0.39, 0.29) is 0 Å². The third-order valence-corrected chi connectivity index (χ3v) is 4.28. The van der Waals surface area contributed by atoms with Crippen molar-refractivity contribution in [2.24, 2.45) is 5.92 Å². The Morgan fingerprint density at radius 1 is 1.35 bits per heavy atom. The maximum atomic E-state index is 6.23. The van der Waals surface area contributed by atoms with Gasteiger partial charge in [-0.25, -0.2) is 0 Å². The van der Waals surface area contributed by atoms with Crippen molar-refractivity contribution in [1.29, 1.82) is 0 Å². The summed E-state index contributed by atoms with van der Waals surface area (Å²) in [5.74, 6) is 0.860. The van der Waals surface area contributed by atoms with Gasteiger partial charge < -0.3 is 5.32 Å². The summed E-state index contributed by atoms with van der Waals surface area (Å²) in [7, 11) is 0. The number of halogens is 1. The highest BCUT2D eigenvalue weighted by atomic mass is 35.5. The predicted molar refractivity (Wildman–Crippen MR) is 74.4 cm³/mol. The number of hydrogen-bond donors (Lipinski definition) is 1. The topological polar surface area (TPSA) is 12.0 Å². The molecule has 1 aliphatic rings. The van der Waals surface area contributed by atoms with Gasteiger partial charge in [-0.1, -0.05) is 36.6 Å². The molecule has 0 amide bonds. The molecule has 1 aliphatic carbocycles. The van der Waals surface area contributed by atoms with Crippen LogP contribution in [0.1, 0.15) is 43.7 Å². The largest absolute Gasteiger partial charge is 0.310 e. The zero-order chi connectivity index (χ0) is 12.3. The van der Waals surface area contributed by atoms with Crippen molar-refractivity contribution in [2.75, 3.05) is 0 Å². The Morgan fingerprint density at radius 3 is 2.71 bits per heavy atom. The Hall–Kier alpha value is -0.530. The van der Waals surface area contributed by atoms with Gasteiger partial charge in [0, 0.05) is 17.6 Å². The summed E-state index contributed by atoms with van der Waals surface area (Å²) in [5.41, 5.74) is 2.43. The van der Waals surface area contributed by atoms with E-state index in [1.807, 2.05) is 6.07 Å². The van der Waals surface area contributed by atoms with Gasteiger partial charge in [-0.05, 0) is 49.8 Å². The van der Waals surface area contributed by atoms with Crippen molar-refractivity contribution in [2.45, 2.75) is 52.1 Å². The van der Waals surface area contributed by atoms with E-state index in [1.54, 1.807) is 0 Å². The van der Waals surface area contributed by atoms with Gasteiger partial charge in [-0.15, -0.1) is 0 Å². The van der Waals surface area contributed by atoms with Crippen LogP contribution in [-0.2, 0) is 6.54 Å². The summed E-state index contributed by atoms with van der Waals surface area (Å²) in [6.07, 6.45) is 5.58. The molecule has 1 aromatic carbocycles. The quantitative estimate of drug-likeness (QED) is 0.841. The summed E-state index contributed by atoms with van der Waals surface area (Å²) < 4.78 is 0. The zero-order valence-corrected chi connectivity index (χ0v) is 11.6. The molecule has 1 saturated carbocycles. The normalized spacial score (nSPS) is 18.5. The fourth-order valence-corrected chi connectivity index (χ4v) is 2.99. The minimum atomic E-state index is 0.606. The van der Waals surface area contributed by atoms with Gasteiger partial charge in [0.2, 0.25) is 0 Å². The van der Waals surface area contributed by atoms with Crippen LogP contribution in [0.15, 0.2) is 18.2 Å². The molecular weight excluding hydrogens is 230 g/mol. The fourth-order valence-electron chi connectivity index (χ4n) is 2.69. The fraction of sp³-hybridized carbons (Fsp3) is 0.600. The van der Waals surface area contributed by atoms with E-state index < -0.39 is 0 Å². The lowest BCUT2D eigenvalue weighted by Crippen LogP contribution is -2.31. The molecule has 0 aromatic heterocycles. The highest BCUT2D eigenvalue weighted by Gasteiger charge is 2.20. The lowest BCUT2D eigenvalue weighted by atomic mass is 9.99. The van der Waals surface area contributed by atoms with Gasteiger partial charge in [0.1, 0.15) is 0 Å². The molecule has 1 fully saturated rings. The molecule has 2 rings (SSSR count). The molecule has 1 aromatic rings. The van der Waals surface area contributed by atoms with E-state index in [0.29, 0.717) is 6.04 Å². The van der Waals surface area contributed by atoms with Crippen LogP contribution in [0.2, 0.25) is 5.02 Å². The Morgan fingerprint density at radius 2 is 2.06 bits per heavy atom. The third kappa shape index (κ3) is 3.46. The first-order chi connectivity index (χ1) is 8.16. The van der Waals surface area contributed by atoms with Crippen molar-refractivity contribution in [3.05, 3.63) is 34.3 Å². The Balaban J connectivity index is 1.88. The number of aryl methyl sites for hydroxylation is 1. The lowest BCUT2D eigenvalue weighted by Gasteiger charge is -2.20. The second kappa shape index (κ2) is 5.88. The van der Waals surface area contributed by atoms with Crippen molar-refractivity contribution in [3.8, 4) is 0 Å². The van der Waals surface area contributed by atoms with Crippen LogP contribution in [0, 0.1) is 12.8 Å². The molecule has 0 saturated heterocycles. The van der Waals surface area contributed by atoms with E-state index in [1.165, 1.54) is 36.8 Å². The number of rotatable bonds is 4. The van der Waals surface area contributed by atoms with Crippen LogP contribution in [0.25, 0.3) is 0 Å². The Bertz CT molecular complexity index is 369. The summed E-state index contributed by atoms with van der Waals surface area (Å²) in [6, 6.07) is 6.91. The van der Waals surface area contributed by atoms with Gasteiger partial charge in [0.15, 0.2) is 0 Å². The molecule has 0 bridgehead atoms. The maximum absolute atomic E-state index is 6.23. The number of nitrogens with one attached hydrogen (secondary N) is 1. The predicted octanol–water partition coefficient (Wildman–Crippen LogP) is 4.32. The van der Waals surface area contributed by atoms with E-state index in [9.17, 15) is 0 Å². The van der Waals surface area contributed by atoms with Gasteiger partial charge >= 0.3 is 0 Å². The van der Waals surface area contributed by atoms with Gasteiger partial charge in [0.25, 0.3) is 0 Å². The first-order valence-corrected chi connectivity index (χ1v) is 7.03. The molecule has 0 spiro atoms. The molecule has 1 N–H and O–H groups in total. The van der Waals surface area contributed by atoms with E-state index in [0.717, 1.165) is 17.5 Å². The summed E-state index contributed by atoms with van der Waals surface area (Å²) >= 11 is 6.23. The van der Waals surface area contributed by atoms with Gasteiger partial charge in [0.05, 0.1) is 0 Å². The van der Waals surface area contributed by atoms with Crippen molar-refractivity contribution in [1.82, 2.24) is 5.32 Å². The van der Waals surface area contributed by atoms with Crippen LogP contribution < -0.4 is 5.32 Å². The minimum Gasteiger partial charge on any atom is -0.310 e. The molecule has 1 atom stereocenters. The Kier molecular flexibility index (Phi) is 4.47. The van der Waals surface area contributed by atoms with Crippen LogP contribution in [-0.4, -0.2) is 6.04 Å². The van der Waals surface area contributed by atoms with Crippen molar-refractivity contribution >= 4 is 11.6 Å². The van der Waals surface area contributed by atoms with E-state index in [4.69, 9.17) is 11.6 Å². The van der Waals surface area contributed by atoms with Crippen LogP contribution in [0.4, 0.5) is 0 Å². The second-order valence-electron chi connectivity index (χ2n) is 5.31. The summed E-state index contributed by atoms with van der Waals surface area (Å²) in [6.45, 7) is 5.26. The monoisotopic (exact) mass is 251 g/mol. The average Bonchev–Trinajstić information content (AvgIpc) is 2.81. The highest BCUT2D eigenvalue weighted by Crippen LogP contribution is 2.28. The van der Waals surface area contributed by atoms with Crippen molar-refractivity contribution in [3.63, 3.8) is 0 Å². The molecule has 94 valence electrons. The number of hydrogen-bond acceptors (Lipinski definition) is 1. The van der Waals surface area contributed by atoms with E-state index in [2.05, 4.69) is 31.3 Å². The van der Waals surface area contributed by atoms with Crippen molar-refractivity contribution < 1.29 is 0 Å². The summed E-state index contributed by atoms with van der Waals surface area (Å²) in [5, 5.41) is 4.50. The molecule has 0 heterocycles. The molecule has 0 aliphatic heterocycles. The molecule has 2 heteroatoms. The minimum absolute atomic E-state index is 0.606. The Labute approximate surface area is 110 Å². The molecule has 1 nitrogen and oxygen atoms in total. The lowest BCUT2D eigenvalue weighted by molar-refractivity contribution is 0.380. The SMILES string of the molecule is Cc1ccc(CN[C@@H](C)C2CCCC2)c(Cl)c1. The van der Waals surface area contributed by atoms with E-state index >= 15 is 0 Å². The van der Waals surface area contributed by atoms with Gasteiger partial charge in [-0.3, -0.25) is 0 Å². The highest BCUT2D eigenvalue weighted by molar-refractivity contribution is 6.31. The molecule has 0 unspecified atom stereocenters. The average molecular weight is 252 g/mol. The maximum Gasteiger partial charge on any atom is 0.0453 e. The molecular formula is C15H22ClN. The molecule has 0 radical (unpaired) electrons. The second-order valence-corrected chi connectivity index (χ2v) is 5.72. The summed E-state index contributed by atoms with van der Waals surface area (Å²) in [4.78, 5) is 0. The third-order valence-electron chi connectivity index (χ3n) is 3.93. The first-order valence-electron chi connectivity index (χ1n) is 6.65. The van der Waals surface area contributed by atoms with Crippen LogP contribution in [0.3, 0.4) is 0 Å².